The van der Waals surface area contributed by atoms with Crippen molar-refractivity contribution in [3.8, 4) is 11.3 Å². The lowest BCUT2D eigenvalue weighted by Gasteiger charge is -2.30. The largest absolute Gasteiger partial charge is 0.367 e. The van der Waals surface area contributed by atoms with Gasteiger partial charge in [-0.2, -0.15) is 0 Å². The number of hydrogen-bond acceptors (Lipinski definition) is 2. The highest BCUT2D eigenvalue weighted by Gasteiger charge is 2.30. The van der Waals surface area contributed by atoms with Crippen molar-refractivity contribution in [2.75, 3.05) is 5.32 Å². The average molecular weight is 382 g/mol. The summed E-state index contributed by atoms with van der Waals surface area (Å²) in [6, 6.07) is 24.1. The fourth-order valence-corrected chi connectivity index (χ4v) is 4.48. The minimum absolute atomic E-state index is 0.0705. The summed E-state index contributed by atoms with van der Waals surface area (Å²) in [5.74, 6) is 0.781. The Bertz CT molecular complexity index is 1210. The summed E-state index contributed by atoms with van der Waals surface area (Å²) in [4.78, 5) is 5.12. The maximum absolute atomic E-state index is 14.1. The monoisotopic (exact) mass is 382 g/mol. The topological polar surface area (TPSA) is 24.9 Å². The summed E-state index contributed by atoms with van der Waals surface area (Å²) < 4.78 is 14.1. The lowest BCUT2D eigenvalue weighted by molar-refractivity contribution is 0.622. The van der Waals surface area contributed by atoms with Gasteiger partial charge in [0.15, 0.2) is 0 Å². The van der Waals surface area contributed by atoms with E-state index < -0.39 is 0 Å². The van der Waals surface area contributed by atoms with Gasteiger partial charge >= 0.3 is 0 Å². The summed E-state index contributed by atoms with van der Waals surface area (Å²) >= 11 is 0. The van der Waals surface area contributed by atoms with E-state index in [1.165, 1.54) is 28.1 Å². The van der Waals surface area contributed by atoms with Gasteiger partial charge < -0.3 is 5.32 Å². The van der Waals surface area contributed by atoms with E-state index in [1.807, 2.05) is 6.07 Å². The zero-order valence-corrected chi connectivity index (χ0v) is 16.6. The Morgan fingerprint density at radius 2 is 1.69 bits per heavy atom. The van der Waals surface area contributed by atoms with Crippen molar-refractivity contribution >= 4 is 16.6 Å². The number of benzene rings is 3. The molecule has 0 radical (unpaired) electrons. The lowest BCUT2D eigenvalue weighted by Crippen LogP contribution is -2.17. The first-order chi connectivity index (χ1) is 14.1. The molecular formula is C26H23FN2. The third kappa shape index (κ3) is 3.07. The first-order valence-electron chi connectivity index (χ1n) is 10.1. The van der Waals surface area contributed by atoms with Gasteiger partial charge in [0, 0.05) is 22.9 Å². The Kier molecular flexibility index (Phi) is 4.31. The average Bonchev–Trinajstić information content (AvgIpc) is 2.73. The molecule has 1 N–H and O–H groups in total. The molecule has 0 amide bonds. The number of halogens is 1. The first kappa shape index (κ1) is 17.9. The second kappa shape index (κ2) is 7.00. The van der Waals surface area contributed by atoms with Gasteiger partial charge in [0.25, 0.3) is 0 Å². The number of aromatic nitrogens is 1. The summed E-state index contributed by atoms with van der Waals surface area (Å²) in [5.41, 5.74) is 5.62. The summed E-state index contributed by atoms with van der Waals surface area (Å²) in [6.07, 6.45) is 0.843. The van der Waals surface area contributed by atoms with Crippen LogP contribution in [0.2, 0.25) is 0 Å². The Morgan fingerprint density at radius 3 is 2.48 bits per heavy atom. The Morgan fingerprint density at radius 1 is 0.931 bits per heavy atom. The number of nitrogens with one attached hydrogen (secondary N) is 1. The molecular weight excluding hydrogens is 359 g/mol. The fourth-order valence-electron chi connectivity index (χ4n) is 4.48. The molecule has 0 saturated carbocycles. The highest BCUT2D eigenvalue weighted by atomic mass is 19.1. The van der Waals surface area contributed by atoms with E-state index in [9.17, 15) is 4.39 Å². The molecule has 4 aromatic rings. The molecule has 3 aromatic carbocycles. The summed E-state index contributed by atoms with van der Waals surface area (Å²) in [6.45, 7) is 4.25. The van der Waals surface area contributed by atoms with E-state index in [0.717, 1.165) is 28.9 Å². The van der Waals surface area contributed by atoms with Crippen LogP contribution in [0.15, 0.2) is 72.8 Å². The van der Waals surface area contributed by atoms with Gasteiger partial charge in [-0.1, -0.05) is 60.7 Å². The van der Waals surface area contributed by atoms with Crippen molar-refractivity contribution in [2.45, 2.75) is 32.2 Å². The second-order valence-electron chi connectivity index (χ2n) is 8.04. The molecule has 0 spiro atoms. The molecule has 0 bridgehead atoms. The van der Waals surface area contributed by atoms with Crippen LogP contribution in [0.25, 0.3) is 22.0 Å². The van der Waals surface area contributed by atoms with E-state index in [-0.39, 0.29) is 17.8 Å². The van der Waals surface area contributed by atoms with Gasteiger partial charge in [0.05, 0.1) is 5.69 Å². The van der Waals surface area contributed by atoms with Crippen LogP contribution in [-0.2, 0) is 6.42 Å². The van der Waals surface area contributed by atoms with E-state index in [4.69, 9.17) is 4.98 Å². The van der Waals surface area contributed by atoms with E-state index in [2.05, 4.69) is 67.7 Å². The molecule has 1 atom stereocenters. The van der Waals surface area contributed by atoms with Crippen molar-refractivity contribution in [2.24, 2.45) is 0 Å². The molecule has 0 aliphatic heterocycles. The number of fused-ring (bicyclic) bond motifs is 5. The minimum atomic E-state index is -0.196. The van der Waals surface area contributed by atoms with Gasteiger partial charge in [0.2, 0.25) is 0 Å². The van der Waals surface area contributed by atoms with E-state index >= 15 is 0 Å². The Balaban J connectivity index is 1.85. The summed E-state index contributed by atoms with van der Waals surface area (Å²) in [7, 11) is 0. The summed E-state index contributed by atoms with van der Waals surface area (Å²) in [5, 5.41) is 5.82. The maximum Gasteiger partial charge on any atom is 0.134 e. The molecule has 0 fully saturated rings. The number of anilines is 1. The predicted octanol–water partition coefficient (Wildman–Crippen LogP) is 6.55. The second-order valence-corrected chi connectivity index (χ2v) is 8.04. The van der Waals surface area contributed by atoms with Gasteiger partial charge in [-0.3, -0.25) is 0 Å². The van der Waals surface area contributed by atoms with Crippen molar-refractivity contribution in [1.29, 1.82) is 0 Å². The van der Waals surface area contributed by atoms with Gasteiger partial charge in [-0.05, 0) is 54.5 Å². The Hall–Kier alpha value is -3.20. The number of rotatable bonds is 3. The van der Waals surface area contributed by atoms with Crippen LogP contribution in [0, 0.1) is 5.82 Å². The van der Waals surface area contributed by atoms with E-state index in [1.54, 1.807) is 12.1 Å². The molecule has 0 saturated heterocycles. The Labute approximate surface area is 170 Å². The number of nitrogens with zero attached hydrogens (tertiary/aromatic N) is 1. The third-order valence-electron chi connectivity index (χ3n) is 5.67. The van der Waals surface area contributed by atoms with Crippen LogP contribution in [0.1, 0.15) is 36.5 Å². The van der Waals surface area contributed by atoms with Gasteiger partial charge in [-0.15, -0.1) is 0 Å². The van der Waals surface area contributed by atoms with Crippen LogP contribution in [0.3, 0.4) is 0 Å². The molecule has 29 heavy (non-hydrogen) atoms. The fraction of sp³-hybridized carbons (Fsp3) is 0.192. The molecule has 1 heterocycles. The first-order valence-corrected chi connectivity index (χ1v) is 10.1. The van der Waals surface area contributed by atoms with Crippen LogP contribution in [-0.4, -0.2) is 11.0 Å². The molecule has 5 rings (SSSR count). The molecule has 1 aliphatic carbocycles. The van der Waals surface area contributed by atoms with Gasteiger partial charge in [0.1, 0.15) is 11.6 Å². The van der Waals surface area contributed by atoms with Crippen LogP contribution in [0.4, 0.5) is 10.2 Å². The molecule has 1 unspecified atom stereocenters. The van der Waals surface area contributed by atoms with Crippen molar-refractivity contribution < 1.29 is 4.39 Å². The normalized spacial score (nSPS) is 15.2. The number of hydrogen-bond donors (Lipinski definition) is 1. The van der Waals surface area contributed by atoms with Crippen molar-refractivity contribution in [1.82, 2.24) is 4.98 Å². The molecule has 3 heteroatoms. The van der Waals surface area contributed by atoms with Crippen LogP contribution in [0.5, 0.6) is 0 Å². The highest BCUT2D eigenvalue weighted by molar-refractivity contribution is 5.99. The lowest BCUT2D eigenvalue weighted by atomic mass is 9.76. The quantitative estimate of drug-likeness (QED) is 0.435. The number of pyridine rings is 1. The standard InChI is InChI=1S/C26H23FN2/c1-16(2)28-26-22-13-6-5-12-21(22)24-23(17-9-7-10-19(27)14-17)15-18-8-3-4-11-20(18)25(24)29-26/h3-14,16,23H,15H2,1-2H3,(H,28,29). The van der Waals surface area contributed by atoms with Crippen molar-refractivity contribution in [3.05, 3.63) is 95.3 Å². The third-order valence-corrected chi connectivity index (χ3v) is 5.67. The highest BCUT2D eigenvalue weighted by Crippen LogP contribution is 2.46. The maximum atomic E-state index is 14.1. The van der Waals surface area contributed by atoms with Crippen LogP contribution >= 0.6 is 0 Å². The molecule has 1 aliphatic rings. The molecule has 2 nitrogen and oxygen atoms in total. The van der Waals surface area contributed by atoms with Crippen LogP contribution < -0.4 is 5.32 Å². The predicted molar refractivity (Wildman–Crippen MR) is 118 cm³/mol. The van der Waals surface area contributed by atoms with E-state index in [0.29, 0.717) is 0 Å². The minimum Gasteiger partial charge on any atom is -0.367 e. The SMILES string of the molecule is CC(C)Nc1nc2c(c3ccccc13)C(c1cccc(F)c1)Cc1ccccc1-2. The molecule has 1 aromatic heterocycles. The smallest absolute Gasteiger partial charge is 0.134 e. The molecule has 144 valence electrons. The van der Waals surface area contributed by atoms with Crippen molar-refractivity contribution in [3.63, 3.8) is 0 Å². The zero-order chi connectivity index (χ0) is 20.0. The van der Waals surface area contributed by atoms with Gasteiger partial charge in [-0.25, -0.2) is 9.37 Å². The zero-order valence-electron chi connectivity index (χ0n) is 16.6.